The molecule has 0 radical (unpaired) electrons. The molecular weight excluding hydrogens is 393 g/mol. The third kappa shape index (κ3) is 7.45. The Morgan fingerprint density at radius 2 is 1.90 bits per heavy atom. The average molecular weight is 410 g/mol. The van der Waals surface area contributed by atoms with Gasteiger partial charge in [0.25, 0.3) is 11.8 Å². The van der Waals surface area contributed by atoms with Crippen LogP contribution in [0.15, 0.2) is 48.5 Å². The Morgan fingerprint density at radius 1 is 1.10 bits per heavy atom. The van der Waals surface area contributed by atoms with E-state index in [1.807, 2.05) is 0 Å². The van der Waals surface area contributed by atoms with Gasteiger partial charge in [0.05, 0.1) is 7.11 Å². The molecule has 10 heteroatoms. The Bertz CT molecular complexity index is 890. The monoisotopic (exact) mass is 410 g/mol. The zero-order valence-corrected chi connectivity index (χ0v) is 15.2. The van der Waals surface area contributed by atoms with E-state index in [1.54, 1.807) is 0 Å². The normalized spacial score (nSPS) is 10.7. The third-order valence-electron chi connectivity index (χ3n) is 3.32. The average Bonchev–Trinajstić information content (AvgIpc) is 2.69. The van der Waals surface area contributed by atoms with Crippen molar-refractivity contribution < 1.29 is 37.0 Å². The summed E-state index contributed by atoms with van der Waals surface area (Å²) in [5.41, 5.74) is 4.72. The van der Waals surface area contributed by atoms with Crippen molar-refractivity contribution in [1.82, 2.24) is 10.9 Å². The number of hydrazine groups is 1. The van der Waals surface area contributed by atoms with E-state index in [9.17, 15) is 22.8 Å². The molecule has 0 aliphatic carbocycles. The van der Waals surface area contributed by atoms with Gasteiger partial charge in [-0.2, -0.15) is 8.78 Å². The first-order valence-corrected chi connectivity index (χ1v) is 8.15. The largest absolute Gasteiger partial charge is 0.493 e. The van der Waals surface area contributed by atoms with Gasteiger partial charge in [-0.3, -0.25) is 20.4 Å². The lowest BCUT2D eigenvalue weighted by Gasteiger charge is -2.10. The number of carbonyl (C=O) groups is 2. The number of alkyl halides is 2. The molecule has 0 unspecified atom stereocenters. The topological polar surface area (TPSA) is 85.9 Å². The van der Waals surface area contributed by atoms with Crippen LogP contribution in [-0.2, 0) is 9.59 Å². The summed E-state index contributed by atoms with van der Waals surface area (Å²) < 4.78 is 51.9. The molecule has 2 aromatic rings. The van der Waals surface area contributed by atoms with Crippen molar-refractivity contribution in [2.45, 2.75) is 6.61 Å². The van der Waals surface area contributed by atoms with Crippen LogP contribution in [0.4, 0.5) is 13.2 Å². The van der Waals surface area contributed by atoms with E-state index in [0.29, 0.717) is 5.56 Å². The summed E-state index contributed by atoms with van der Waals surface area (Å²) in [5.74, 6) is -1.74. The van der Waals surface area contributed by atoms with Crippen molar-refractivity contribution in [1.29, 1.82) is 0 Å². The van der Waals surface area contributed by atoms with Gasteiger partial charge >= 0.3 is 6.61 Å². The van der Waals surface area contributed by atoms with Crippen molar-refractivity contribution in [3.8, 4) is 17.2 Å². The minimum absolute atomic E-state index is 0.0654. The molecule has 0 aliphatic heterocycles. The number of ether oxygens (including phenoxy) is 3. The highest BCUT2D eigenvalue weighted by Crippen LogP contribution is 2.29. The van der Waals surface area contributed by atoms with E-state index < -0.39 is 30.8 Å². The molecule has 0 aromatic heterocycles. The maximum Gasteiger partial charge on any atom is 0.387 e. The fourth-order valence-corrected chi connectivity index (χ4v) is 2.07. The molecule has 29 heavy (non-hydrogen) atoms. The molecule has 0 spiro atoms. The quantitative estimate of drug-likeness (QED) is 0.516. The van der Waals surface area contributed by atoms with Gasteiger partial charge in [-0.1, -0.05) is 12.1 Å². The van der Waals surface area contributed by atoms with E-state index in [2.05, 4.69) is 15.6 Å². The van der Waals surface area contributed by atoms with Crippen LogP contribution in [0.25, 0.3) is 6.08 Å². The van der Waals surface area contributed by atoms with Crippen LogP contribution in [0.1, 0.15) is 5.56 Å². The fraction of sp³-hybridized carbons (Fsp3) is 0.158. The zero-order valence-electron chi connectivity index (χ0n) is 15.2. The Kier molecular flexibility index (Phi) is 7.89. The van der Waals surface area contributed by atoms with E-state index >= 15 is 0 Å². The van der Waals surface area contributed by atoms with E-state index in [-0.39, 0.29) is 17.2 Å². The van der Waals surface area contributed by atoms with Gasteiger partial charge in [-0.05, 0) is 35.9 Å². The van der Waals surface area contributed by atoms with E-state index in [0.717, 1.165) is 12.1 Å². The van der Waals surface area contributed by atoms with Crippen LogP contribution in [0, 0.1) is 5.82 Å². The van der Waals surface area contributed by atoms with Gasteiger partial charge in [0.15, 0.2) is 18.1 Å². The van der Waals surface area contributed by atoms with Gasteiger partial charge in [-0.15, -0.1) is 0 Å². The zero-order chi connectivity index (χ0) is 21.2. The van der Waals surface area contributed by atoms with E-state index in [1.165, 1.54) is 49.6 Å². The maximum absolute atomic E-state index is 13.0. The molecule has 2 amide bonds. The summed E-state index contributed by atoms with van der Waals surface area (Å²) in [6.07, 6.45) is 2.48. The summed E-state index contributed by atoms with van der Waals surface area (Å²) in [7, 11) is 1.29. The predicted molar refractivity (Wildman–Crippen MR) is 96.8 cm³/mol. The minimum Gasteiger partial charge on any atom is -0.493 e. The Balaban J connectivity index is 1.82. The van der Waals surface area contributed by atoms with Gasteiger partial charge in [-0.25, -0.2) is 4.39 Å². The van der Waals surface area contributed by atoms with Crippen molar-refractivity contribution in [2.75, 3.05) is 13.7 Å². The number of amides is 2. The van der Waals surface area contributed by atoms with Crippen LogP contribution in [0.3, 0.4) is 0 Å². The first-order valence-electron chi connectivity index (χ1n) is 8.15. The number of carbonyl (C=O) groups excluding carboxylic acids is 2. The second-order valence-corrected chi connectivity index (χ2v) is 5.41. The lowest BCUT2D eigenvalue weighted by Crippen LogP contribution is -2.43. The lowest BCUT2D eigenvalue weighted by atomic mass is 10.2. The fourth-order valence-electron chi connectivity index (χ4n) is 2.07. The minimum atomic E-state index is -3.00. The Labute approximate surface area is 164 Å². The van der Waals surface area contributed by atoms with Crippen LogP contribution < -0.4 is 25.1 Å². The molecule has 0 atom stereocenters. The number of hydrogen-bond acceptors (Lipinski definition) is 5. The molecule has 0 saturated heterocycles. The molecule has 154 valence electrons. The first kappa shape index (κ1) is 21.6. The number of nitrogens with one attached hydrogen (secondary N) is 2. The number of benzene rings is 2. The Morgan fingerprint density at radius 3 is 2.59 bits per heavy atom. The highest BCUT2D eigenvalue weighted by molar-refractivity contribution is 5.93. The predicted octanol–water partition coefficient (Wildman–Crippen LogP) is 2.68. The number of halogens is 3. The highest BCUT2D eigenvalue weighted by Gasteiger charge is 2.10. The second kappa shape index (κ2) is 10.6. The first-order chi connectivity index (χ1) is 13.9. The van der Waals surface area contributed by atoms with Crippen LogP contribution in [0.2, 0.25) is 0 Å². The molecule has 0 saturated carbocycles. The van der Waals surface area contributed by atoms with Crippen molar-refractivity contribution in [3.05, 3.63) is 59.9 Å². The Hall–Kier alpha value is -3.69. The van der Waals surface area contributed by atoms with Gasteiger partial charge < -0.3 is 14.2 Å². The molecule has 2 aromatic carbocycles. The van der Waals surface area contributed by atoms with Gasteiger partial charge in [0.2, 0.25) is 0 Å². The maximum atomic E-state index is 13.0. The third-order valence-corrected chi connectivity index (χ3v) is 3.32. The lowest BCUT2D eigenvalue weighted by molar-refractivity contribution is -0.128. The van der Waals surface area contributed by atoms with Crippen LogP contribution in [0.5, 0.6) is 17.2 Å². The summed E-state index contributed by atoms with van der Waals surface area (Å²) >= 11 is 0. The molecule has 7 nitrogen and oxygen atoms in total. The van der Waals surface area contributed by atoms with Gasteiger partial charge in [0.1, 0.15) is 11.6 Å². The second-order valence-electron chi connectivity index (χ2n) is 5.41. The standard InChI is InChI=1S/C19H17F3N2O5/c1-27-16-9-12(5-7-15(16)29-19(21)22)6-8-17(25)23-24-18(26)11-28-14-4-2-3-13(20)10-14/h2-10,19H,11H2,1H3,(H,23,25)(H,24,26). The number of hydrogen-bond donors (Lipinski definition) is 2. The highest BCUT2D eigenvalue weighted by atomic mass is 19.3. The van der Waals surface area contributed by atoms with Crippen molar-refractivity contribution >= 4 is 17.9 Å². The van der Waals surface area contributed by atoms with E-state index in [4.69, 9.17) is 9.47 Å². The molecular formula is C19H17F3N2O5. The smallest absolute Gasteiger partial charge is 0.387 e. The summed E-state index contributed by atoms with van der Waals surface area (Å²) in [4.78, 5) is 23.4. The number of methoxy groups -OCH3 is 1. The molecule has 2 rings (SSSR count). The van der Waals surface area contributed by atoms with Crippen molar-refractivity contribution in [3.63, 3.8) is 0 Å². The van der Waals surface area contributed by atoms with Gasteiger partial charge in [0, 0.05) is 12.1 Å². The molecule has 0 bridgehead atoms. The summed E-state index contributed by atoms with van der Waals surface area (Å²) in [6, 6.07) is 9.35. The number of rotatable bonds is 8. The SMILES string of the molecule is COc1cc(C=CC(=O)NNC(=O)COc2cccc(F)c2)ccc1OC(F)F. The summed E-state index contributed by atoms with van der Waals surface area (Å²) in [6.45, 7) is -3.43. The molecule has 0 heterocycles. The van der Waals surface area contributed by atoms with Crippen molar-refractivity contribution in [2.24, 2.45) is 0 Å². The van der Waals surface area contributed by atoms with Crippen LogP contribution >= 0.6 is 0 Å². The van der Waals surface area contributed by atoms with Crippen LogP contribution in [-0.4, -0.2) is 32.1 Å². The summed E-state index contributed by atoms with van der Waals surface area (Å²) in [5, 5.41) is 0. The molecule has 0 fully saturated rings. The molecule has 2 N–H and O–H groups in total. The molecule has 0 aliphatic rings.